The van der Waals surface area contributed by atoms with Crippen molar-refractivity contribution in [2.45, 2.75) is 58.8 Å². The minimum atomic E-state index is 0.800. The van der Waals surface area contributed by atoms with E-state index in [1.54, 1.807) is 0 Å². The summed E-state index contributed by atoms with van der Waals surface area (Å²) in [6, 6.07) is 0. The third kappa shape index (κ3) is 9.38. The van der Waals surface area contributed by atoms with E-state index in [9.17, 15) is 0 Å². The van der Waals surface area contributed by atoms with E-state index in [1.807, 2.05) is 6.92 Å². The van der Waals surface area contributed by atoms with Gasteiger partial charge in [0.1, 0.15) is 0 Å². The van der Waals surface area contributed by atoms with E-state index in [2.05, 4.69) is 11.9 Å². The van der Waals surface area contributed by atoms with Gasteiger partial charge in [0.05, 0.1) is 5.84 Å². The smallest absolute Gasteiger partial charge is 0.0934 e. The molecule has 0 atom stereocenters. The first-order chi connectivity index (χ1) is 6.31. The first kappa shape index (κ1) is 12.5. The van der Waals surface area contributed by atoms with Crippen LogP contribution in [0.2, 0.25) is 0 Å². The number of hydrogen-bond acceptors (Lipinski definition) is 1. The lowest BCUT2D eigenvalue weighted by atomic mass is 10.1. The van der Waals surface area contributed by atoms with Crippen LogP contribution in [0.15, 0.2) is 4.99 Å². The monoisotopic (exact) mass is 184 g/mol. The van der Waals surface area contributed by atoms with Gasteiger partial charge in [-0.05, 0) is 6.42 Å². The summed E-state index contributed by atoms with van der Waals surface area (Å²) >= 11 is 0. The third-order valence-corrected chi connectivity index (χ3v) is 2.19. The SMILES string of the molecule is CCCCCCCCN=C(N)CC. The molecule has 0 aliphatic heterocycles. The third-order valence-electron chi connectivity index (χ3n) is 2.19. The van der Waals surface area contributed by atoms with Crippen molar-refractivity contribution in [2.24, 2.45) is 10.7 Å². The van der Waals surface area contributed by atoms with Gasteiger partial charge >= 0.3 is 0 Å². The Labute approximate surface area is 82.6 Å². The average molecular weight is 184 g/mol. The summed E-state index contributed by atoms with van der Waals surface area (Å²) in [5.41, 5.74) is 5.59. The Balaban J connectivity index is 3.08. The molecule has 0 aromatic heterocycles. The first-order valence-electron chi connectivity index (χ1n) is 5.60. The van der Waals surface area contributed by atoms with Crippen LogP contribution in [-0.2, 0) is 0 Å². The Morgan fingerprint density at radius 3 is 2.23 bits per heavy atom. The molecule has 0 saturated heterocycles. The molecule has 0 aliphatic rings. The molecule has 13 heavy (non-hydrogen) atoms. The Bertz CT molecular complexity index is 130. The summed E-state index contributed by atoms with van der Waals surface area (Å²) in [6.45, 7) is 5.21. The molecular formula is C11H24N2. The maximum absolute atomic E-state index is 5.59. The number of nitrogens with two attached hydrogens (primary N) is 1. The fraction of sp³-hybridized carbons (Fsp3) is 0.909. The van der Waals surface area contributed by atoms with Gasteiger partial charge in [-0.2, -0.15) is 0 Å². The molecule has 0 heterocycles. The van der Waals surface area contributed by atoms with Gasteiger partial charge < -0.3 is 5.73 Å². The van der Waals surface area contributed by atoms with E-state index in [-0.39, 0.29) is 0 Å². The molecule has 78 valence electrons. The standard InChI is InChI=1S/C11H24N2/c1-3-5-6-7-8-9-10-13-11(12)4-2/h3-10H2,1-2H3,(H2,12,13). The molecular weight excluding hydrogens is 160 g/mol. The zero-order chi connectivity index (χ0) is 9.94. The first-order valence-corrected chi connectivity index (χ1v) is 5.60. The molecule has 0 unspecified atom stereocenters. The van der Waals surface area contributed by atoms with Gasteiger partial charge in [0, 0.05) is 13.0 Å². The van der Waals surface area contributed by atoms with Crippen LogP contribution in [0.3, 0.4) is 0 Å². The van der Waals surface area contributed by atoms with Crippen LogP contribution >= 0.6 is 0 Å². The molecule has 2 nitrogen and oxygen atoms in total. The van der Waals surface area contributed by atoms with Crippen LogP contribution in [0, 0.1) is 0 Å². The van der Waals surface area contributed by atoms with Gasteiger partial charge in [-0.1, -0.05) is 46.0 Å². The molecule has 0 aromatic rings. The summed E-state index contributed by atoms with van der Waals surface area (Å²) in [4.78, 5) is 4.25. The van der Waals surface area contributed by atoms with E-state index in [0.29, 0.717) is 0 Å². The highest BCUT2D eigenvalue weighted by Crippen LogP contribution is 2.04. The molecule has 0 radical (unpaired) electrons. The number of unbranched alkanes of at least 4 members (excludes halogenated alkanes) is 5. The Morgan fingerprint density at radius 1 is 1.00 bits per heavy atom. The van der Waals surface area contributed by atoms with Crippen LogP contribution in [-0.4, -0.2) is 12.4 Å². The maximum Gasteiger partial charge on any atom is 0.0934 e. The quantitative estimate of drug-likeness (QED) is 0.351. The summed E-state index contributed by atoms with van der Waals surface area (Å²) in [5.74, 6) is 0.800. The van der Waals surface area contributed by atoms with E-state index in [0.717, 1.165) is 18.8 Å². The molecule has 0 bridgehead atoms. The fourth-order valence-electron chi connectivity index (χ4n) is 1.23. The molecule has 0 rings (SSSR count). The molecule has 0 fully saturated rings. The van der Waals surface area contributed by atoms with Crippen molar-refractivity contribution in [2.75, 3.05) is 6.54 Å². The van der Waals surface area contributed by atoms with Crippen molar-refractivity contribution < 1.29 is 0 Å². The average Bonchev–Trinajstić information content (AvgIpc) is 2.16. The maximum atomic E-state index is 5.59. The summed E-state index contributed by atoms with van der Waals surface area (Å²) in [6.07, 6.45) is 8.82. The zero-order valence-corrected chi connectivity index (χ0v) is 9.18. The molecule has 0 aromatic carbocycles. The Kier molecular flexibility index (Phi) is 9.17. The van der Waals surface area contributed by atoms with Crippen molar-refractivity contribution in [1.29, 1.82) is 0 Å². The van der Waals surface area contributed by atoms with Gasteiger partial charge in [0.15, 0.2) is 0 Å². The van der Waals surface area contributed by atoms with Crippen molar-refractivity contribution in [3.8, 4) is 0 Å². The van der Waals surface area contributed by atoms with Crippen LogP contribution in [0.1, 0.15) is 58.8 Å². The minimum Gasteiger partial charge on any atom is -0.387 e. The van der Waals surface area contributed by atoms with Crippen molar-refractivity contribution in [3.63, 3.8) is 0 Å². The molecule has 2 heteroatoms. The van der Waals surface area contributed by atoms with E-state index < -0.39 is 0 Å². The largest absolute Gasteiger partial charge is 0.387 e. The van der Waals surface area contributed by atoms with Gasteiger partial charge in [-0.3, -0.25) is 4.99 Å². The highest BCUT2D eigenvalue weighted by Gasteiger charge is 1.89. The highest BCUT2D eigenvalue weighted by molar-refractivity contribution is 5.79. The molecule has 2 N–H and O–H groups in total. The number of rotatable bonds is 8. The van der Waals surface area contributed by atoms with E-state index >= 15 is 0 Å². The zero-order valence-electron chi connectivity index (χ0n) is 9.18. The fourth-order valence-corrected chi connectivity index (χ4v) is 1.23. The van der Waals surface area contributed by atoms with Crippen LogP contribution < -0.4 is 5.73 Å². The number of nitrogens with zero attached hydrogens (tertiary/aromatic N) is 1. The predicted molar refractivity (Wildman–Crippen MR) is 60.2 cm³/mol. The van der Waals surface area contributed by atoms with Gasteiger partial charge in [0.2, 0.25) is 0 Å². The van der Waals surface area contributed by atoms with Gasteiger partial charge in [0.25, 0.3) is 0 Å². The van der Waals surface area contributed by atoms with Crippen LogP contribution in [0.4, 0.5) is 0 Å². The van der Waals surface area contributed by atoms with Crippen LogP contribution in [0.25, 0.3) is 0 Å². The molecule has 0 saturated carbocycles. The Hall–Kier alpha value is -0.530. The summed E-state index contributed by atoms with van der Waals surface area (Å²) < 4.78 is 0. The van der Waals surface area contributed by atoms with Crippen molar-refractivity contribution >= 4 is 5.84 Å². The molecule has 0 aliphatic carbocycles. The Morgan fingerprint density at radius 2 is 1.62 bits per heavy atom. The van der Waals surface area contributed by atoms with Crippen molar-refractivity contribution in [3.05, 3.63) is 0 Å². The highest BCUT2D eigenvalue weighted by atomic mass is 14.8. The predicted octanol–water partition coefficient (Wildman–Crippen LogP) is 3.11. The summed E-state index contributed by atoms with van der Waals surface area (Å²) in [5, 5.41) is 0. The lowest BCUT2D eigenvalue weighted by Crippen LogP contribution is -2.10. The normalized spacial score (nSPS) is 12.0. The van der Waals surface area contributed by atoms with E-state index in [1.165, 1.54) is 38.5 Å². The topological polar surface area (TPSA) is 38.4 Å². The minimum absolute atomic E-state index is 0.800. The summed E-state index contributed by atoms with van der Waals surface area (Å²) in [7, 11) is 0. The molecule has 0 amide bonds. The van der Waals surface area contributed by atoms with Crippen LogP contribution in [0.5, 0.6) is 0 Å². The van der Waals surface area contributed by atoms with Crippen molar-refractivity contribution in [1.82, 2.24) is 0 Å². The lowest BCUT2D eigenvalue weighted by molar-refractivity contribution is 0.612. The number of hydrogen-bond donors (Lipinski definition) is 1. The lowest BCUT2D eigenvalue weighted by Gasteiger charge is -1.98. The van der Waals surface area contributed by atoms with Gasteiger partial charge in [-0.25, -0.2) is 0 Å². The van der Waals surface area contributed by atoms with E-state index in [4.69, 9.17) is 5.73 Å². The van der Waals surface area contributed by atoms with Gasteiger partial charge in [-0.15, -0.1) is 0 Å². The second-order valence-electron chi connectivity index (χ2n) is 3.49. The number of aliphatic imine (C=N–C) groups is 1. The molecule has 0 spiro atoms. The number of amidine groups is 1. The second kappa shape index (κ2) is 9.56. The second-order valence-corrected chi connectivity index (χ2v) is 3.49.